The number of carbonyl (C=O) groups excluding carboxylic acids is 3. The summed E-state index contributed by atoms with van der Waals surface area (Å²) >= 11 is 0. The minimum absolute atomic E-state index is 0.0120. The first kappa shape index (κ1) is 31.5. The van der Waals surface area contributed by atoms with Crippen LogP contribution in [0, 0.1) is 23.2 Å². The first-order valence-electron chi connectivity index (χ1n) is 11.7. The van der Waals surface area contributed by atoms with Gasteiger partial charge in [0.2, 0.25) is 5.91 Å². The average molecular weight is 530 g/mol. The summed E-state index contributed by atoms with van der Waals surface area (Å²) in [6, 6.07) is 6.09. The molecule has 2 unspecified atom stereocenters. The molecule has 11 heteroatoms. The normalized spacial score (nSPS) is 15.3. The number of aliphatic hydroxyl groups is 1. The van der Waals surface area contributed by atoms with E-state index in [9.17, 15) is 22.8 Å². The van der Waals surface area contributed by atoms with Gasteiger partial charge in [-0.05, 0) is 59.1 Å². The van der Waals surface area contributed by atoms with Crippen molar-refractivity contribution in [3.05, 3.63) is 29.8 Å². The molecule has 0 radical (unpaired) electrons. The van der Waals surface area contributed by atoms with Crippen LogP contribution in [0.4, 0.5) is 0 Å². The van der Waals surface area contributed by atoms with Crippen molar-refractivity contribution in [1.82, 2.24) is 5.32 Å². The molecule has 0 saturated carbocycles. The van der Waals surface area contributed by atoms with E-state index in [4.69, 9.17) is 18.8 Å². The predicted octanol–water partition coefficient (Wildman–Crippen LogP) is 2.71. The molecule has 2 N–H and O–H groups in total. The highest BCUT2D eigenvalue weighted by Gasteiger charge is 2.49. The van der Waals surface area contributed by atoms with Gasteiger partial charge in [-0.25, -0.2) is 4.18 Å². The molecule has 0 aliphatic carbocycles. The van der Waals surface area contributed by atoms with Crippen molar-refractivity contribution in [2.75, 3.05) is 27.1 Å². The van der Waals surface area contributed by atoms with E-state index < -0.39 is 50.9 Å². The highest BCUT2D eigenvalue weighted by atomic mass is 32.2. The van der Waals surface area contributed by atoms with Crippen molar-refractivity contribution in [2.45, 2.75) is 65.7 Å². The summed E-state index contributed by atoms with van der Waals surface area (Å²) in [5, 5.41) is 11.6. The molecule has 2 atom stereocenters. The molecular formula is C25H39NO9S. The number of ether oxygens (including phenoxy) is 2. The zero-order valence-electron chi connectivity index (χ0n) is 22.2. The van der Waals surface area contributed by atoms with Crippen molar-refractivity contribution in [1.29, 1.82) is 0 Å². The van der Waals surface area contributed by atoms with Gasteiger partial charge in [-0.15, -0.1) is 0 Å². The highest BCUT2D eigenvalue weighted by Crippen LogP contribution is 2.45. The summed E-state index contributed by atoms with van der Waals surface area (Å²) in [5.41, 5.74) is -2.63. The summed E-state index contributed by atoms with van der Waals surface area (Å²) < 4.78 is 39.9. The average Bonchev–Trinajstić information content (AvgIpc) is 2.81. The number of aryl methyl sites for hydroxylation is 1. The Morgan fingerprint density at radius 3 is 2.06 bits per heavy atom. The molecule has 10 nitrogen and oxygen atoms in total. The second-order valence-electron chi connectivity index (χ2n) is 10.1. The lowest BCUT2D eigenvalue weighted by molar-refractivity contribution is -0.165. The number of methoxy groups -OCH3 is 1. The molecule has 1 aromatic carbocycles. The Kier molecular flexibility index (Phi) is 11.1. The van der Waals surface area contributed by atoms with Gasteiger partial charge in [-0.1, -0.05) is 31.5 Å². The van der Waals surface area contributed by atoms with Gasteiger partial charge in [-0.3, -0.25) is 14.4 Å². The lowest BCUT2D eigenvalue weighted by Crippen LogP contribution is -2.47. The van der Waals surface area contributed by atoms with Gasteiger partial charge in [0, 0.05) is 5.41 Å². The molecular weight excluding hydrogens is 490 g/mol. The van der Waals surface area contributed by atoms with Gasteiger partial charge in [0.25, 0.3) is 10.1 Å². The summed E-state index contributed by atoms with van der Waals surface area (Å²) in [6.07, 6.45) is 0.293. The van der Waals surface area contributed by atoms with E-state index in [1.54, 1.807) is 46.8 Å². The van der Waals surface area contributed by atoms with Crippen LogP contribution in [0.25, 0.3) is 0 Å². The molecule has 0 heterocycles. The minimum atomic E-state index is -4.08. The van der Waals surface area contributed by atoms with Crippen LogP contribution >= 0.6 is 0 Å². The van der Waals surface area contributed by atoms with Crippen molar-refractivity contribution in [3.8, 4) is 0 Å². The van der Waals surface area contributed by atoms with Crippen LogP contribution < -0.4 is 5.32 Å². The summed E-state index contributed by atoms with van der Waals surface area (Å²) in [6.45, 7) is 8.87. The van der Waals surface area contributed by atoms with Gasteiger partial charge in [0.15, 0.2) is 0 Å². The Labute approximate surface area is 213 Å². The van der Waals surface area contributed by atoms with Crippen molar-refractivity contribution in [2.24, 2.45) is 16.2 Å². The smallest absolute Gasteiger partial charge is 0.311 e. The molecule has 0 saturated heterocycles. The lowest BCUT2D eigenvalue weighted by atomic mass is 9.65. The topological polar surface area (TPSA) is 145 Å². The number of benzene rings is 1. The SMILES string of the molecule is CCC(C)(CC(C)(CC(C)(C)C(=O)OC)C(=O)OCCO)C(=O)NCOS(=O)(=O)c1ccc(C)cc1. The Balaban J connectivity index is 3.08. The van der Waals surface area contributed by atoms with Crippen molar-refractivity contribution >= 4 is 28.0 Å². The Morgan fingerprint density at radius 2 is 1.56 bits per heavy atom. The first-order valence-corrected chi connectivity index (χ1v) is 13.1. The lowest BCUT2D eigenvalue weighted by Gasteiger charge is -2.39. The molecule has 0 bridgehead atoms. The monoisotopic (exact) mass is 529 g/mol. The minimum Gasteiger partial charge on any atom is -0.469 e. The second kappa shape index (κ2) is 12.6. The zero-order chi connectivity index (χ0) is 27.8. The quantitative estimate of drug-likeness (QED) is 0.211. The van der Waals surface area contributed by atoms with Gasteiger partial charge in [0.05, 0.1) is 29.4 Å². The fraction of sp³-hybridized carbons (Fsp3) is 0.640. The molecule has 1 rings (SSSR count). The third kappa shape index (κ3) is 8.28. The van der Waals surface area contributed by atoms with Gasteiger partial charge < -0.3 is 19.9 Å². The highest BCUT2D eigenvalue weighted by molar-refractivity contribution is 7.86. The number of amides is 1. The van der Waals surface area contributed by atoms with E-state index in [-0.39, 0.29) is 31.0 Å². The molecule has 0 aliphatic rings. The molecule has 1 aromatic rings. The van der Waals surface area contributed by atoms with E-state index in [0.29, 0.717) is 6.42 Å². The number of aliphatic hydroxyl groups excluding tert-OH is 1. The van der Waals surface area contributed by atoms with E-state index in [1.807, 2.05) is 6.92 Å². The largest absolute Gasteiger partial charge is 0.469 e. The van der Waals surface area contributed by atoms with E-state index in [1.165, 1.54) is 19.2 Å². The maximum Gasteiger partial charge on any atom is 0.311 e. The number of hydrogen-bond acceptors (Lipinski definition) is 9. The zero-order valence-corrected chi connectivity index (χ0v) is 23.0. The maximum atomic E-state index is 13.2. The van der Waals surface area contributed by atoms with E-state index >= 15 is 0 Å². The third-order valence-corrected chi connectivity index (χ3v) is 7.53. The Hall–Kier alpha value is -2.50. The van der Waals surface area contributed by atoms with E-state index in [2.05, 4.69) is 5.32 Å². The fourth-order valence-electron chi connectivity index (χ4n) is 4.23. The Morgan fingerprint density at radius 1 is 0.972 bits per heavy atom. The maximum absolute atomic E-state index is 13.2. The second-order valence-corrected chi connectivity index (χ2v) is 11.7. The number of esters is 2. The van der Waals surface area contributed by atoms with Crippen molar-refractivity contribution in [3.63, 3.8) is 0 Å². The molecule has 0 spiro atoms. The number of nitrogens with one attached hydrogen (secondary N) is 1. The molecule has 0 aliphatic heterocycles. The number of carbonyl (C=O) groups is 3. The van der Waals surface area contributed by atoms with Gasteiger partial charge >= 0.3 is 11.9 Å². The number of rotatable bonds is 14. The van der Waals surface area contributed by atoms with E-state index in [0.717, 1.165) is 5.56 Å². The Bertz CT molecular complexity index is 1020. The summed E-state index contributed by atoms with van der Waals surface area (Å²) in [4.78, 5) is 38.5. The molecule has 1 amide bonds. The summed E-state index contributed by atoms with van der Waals surface area (Å²) in [5.74, 6) is -1.72. The standard InChI is InChI=1S/C25H39NO9S/c1-8-24(5,20(28)26-17-35-36(31,32)19-11-9-18(2)10-12-19)16-25(6,22(30)34-14-13-27)15-23(3,4)21(29)33-7/h9-12,27H,8,13-17H2,1-7H3,(H,26,28). The third-order valence-electron chi connectivity index (χ3n) is 6.25. The van der Waals surface area contributed by atoms with Crippen LogP contribution in [0.15, 0.2) is 29.2 Å². The molecule has 204 valence electrons. The fourth-order valence-corrected chi connectivity index (χ4v) is 5.05. The van der Waals surface area contributed by atoms with Crippen LogP contribution in [0.3, 0.4) is 0 Å². The summed E-state index contributed by atoms with van der Waals surface area (Å²) in [7, 11) is -2.83. The van der Waals surface area contributed by atoms with Crippen LogP contribution in [-0.2, 0) is 38.2 Å². The molecule has 36 heavy (non-hydrogen) atoms. The van der Waals surface area contributed by atoms with Crippen molar-refractivity contribution < 1.29 is 41.6 Å². The predicted molar refractivity (Wildman–Crippen MR) is 132 cm³/mol. The van der Waals surface area contributed by atoms with Crippen LogP contribution in [0.1, 0.15) is 59.4 Å². The van der Waals surface area contributed by atoms with Crippen LogP contribution in [0.5, 0.6) is 0 Å². The first-order chi connectivity index (χ1) is 16.6. The van der Waals surface area contributed by atoms with Crippen LogP contribution in [-0.4, -0.2) is 58.4 Å². The van der Waals surface area contributed by atoms with Gasteiger partial charge in [0.1, 0.15) is 13.3 Å². The molecule has 0 aromatic heterocycles. The van der Waals surface area contributed by atoms with Gasteiger partial charge in [-0.2, -0.15) is 8.42 Å². The molecule has 0 fully saturated rings. The number of hydrogen-bond donors (Lipinski definition) is 2. The van der Waals surface area contributed by atoms with Crippen LogP contribution in [0.2, 0.25) is 0 Å².